The van der Waals surface area contributed by atoms with Crippen LogP contribution in [0.2, 0.25) is 0 Å². The van der Waals surface area contributed by atoms with Crippen molar-refractivity contribution in [2.75, 3.05) is 6.54 Å². The summed E-state index contributed by atoms with van der Waals surface area (Å²) in [7, 11) is 0. The van der Waals surface area contributed by atoms with Gasteiger partial charge in [0.15, 0.2) is 11.6 Å². The Kier molecular flexibility index (Phi) is 8.34. The average molecular weight is 663 g/mol. The van der Waals surface area contributed by atoms with Gasteiger partial charge in [0, 0.05) is 56.4 Å². The molecule has 0 aromatic carbocycles. The molecule has 47 heavy (non-hydrogen) atoms. The molecule has 4 fully saturated rings. The van der Waals surface area contributed by atoms with Crippen molar-refractivity contribution >= 4 is 29.0 Å². The van der Waals surface area contributed by atoms with Crippen molar-refractivity contribution in [1.29, 1.82) is 0 Å². The lowest BCUT2D eigenvalue weighted by molar-refractivity contribution is -0.148. The third-order valence-corrected chi connectivity index (χ3v) is 12.0. The highest BCUT2D eigenvalue weighted by atomic mass is 16.2. The summed E-state index contributed by atoms with van der Waals surface area (Å²) in [6, 6.07) is -1.16. The number of hydrogen-bond acceptors (Lipinski definition) is 5. The Bertz CT molecular complexity index is 1530. The SMILES string of the molecule is [2H]C([2H])([2H])C([2H])([2H])C([2H])([2H])C([2H])([2H])[C@@H](CC(=O)[C@@H]1[C@@H]2[C@H](CN1C(=O)[C@@H](CC(=O)CC1(CCC(C)(C)C)CCCCC1)C(C)(C)C)C2(C)C)C(=O)C(=O)CC1CC1. The van der Waals surface area contributed by atoms with Gasteiger partial charge in [-0.25, -0.2) is 0 Å². The molecule has 266 valence electrons. The number of likely N-dealkylation sites (tertiary alicyclic amines) is 1. The highest BCUT2D eigenvalue weighted by molar-refractivity contribution is 6.38. The Morgan fingerprint density at radius 2 is 1.62 bits per heavy atom. The van der Waals surface area contributed by atoms with E-state index in [4.69, 9.17) is 12.3 Å². The molecule has 3 saturated carbocycles. The molecule has 0 aromatic rings. The van der Waals surface area contributed by atoms with Gasteiger partial charge in [0.25, 0.3) is 0 Å². The zero-order valence-electron chi connectivity index (χ0n) is 39.4. The molecule has 1 saturated heterocycles. The van der Waals surface area contributed by atoms with Crippen molar-refractivity contribution in [3.05, 3.63) is 0 Å². The van der Waals surface area contributed by atoms with Crippen LogP contribution in [0.5, 0.6) is 0 Å². The number of nitrogens with zero attached hydrogens (tertiary/aromatic N) is 1. The van der Waals surface area contributed by atoms with Gasteiger partial charge in [0.05, 0.1) is 6.04 Å². The highest BCUT2D eigenvalue weighted by Gasteiger charge is 2.69. The van der Waals surface area contributed by atoms with Crippen LogP contribution in [0.25, 0.3) is 0 Å². The summed E-state index contributed by atoms with van der Waals surface area (Å²) in [5.41, 5.74) is -1.10. The third kappa shape index (κ3) is 9.44. The van der Waals surface area contributed by atoms with Gasteiger partial charge in [-0.15, -0.1) is 0 Å². The topological polar surface area (TPSA) is 88.6 Å². The first kappa shape index (κ1) is 26.9. The van der Waals surface area contributed by atoms with Crippen LogP contribution in [0.4, 0.5) is 0 Å². The molecule has 1 amide bonds. The van der Waals surface area contributed by atoms with Crippen molar-refractivity contribution in [2.45, 2.75) is 171 Å². The number of Topliss-reactive ketones (excluding diaryl/α,β-unsaturated/α-hetero) is 4. The molecule has 5 atom stereocenters. The molecule has 0 spiro atoms. The lowest BCUT2D eigenvalue weighted by Gasteiger charge is -2.40. The van der Waals surface area contributed by atoms with Crippen LogP contribution in [0, 0.1) is 51.2 Å². The number of carbonyl (C=O) groups is 5. The van der Waals surface area contributed by atoms with E-state index in [9.17, 15) is 24.0 Å². The van der Waals surface area contributed by atoms with E-state index in [1.54, 1.807) is 0 Å². The standard InChI is InChI=1S/C41H67NO5/c1-10-11-15-28(36(46)33(45)22-27-16-17-27)23-32(44)35-34-31(40(34,8)9)26-42(35)37(47)30(39(5,6)7)24-29(43)25-41(18-13-12-14-19-41)21-20-38(2,3)4/h27-28,30-31,34-35H,10-26H2,1-9H3/t28-,30+,31-,34-,35+/m0/s1/i1D3,10D2,11D2,15D2. The Balaban J connectivity index is 1.66. The summed E-state index contributed by atoms with van der Waals surface area (Å²) >= 11 is 0. The van der Waals surface area contributed by atoms with E-state index in [2.05, 4.69) is 20.8 Å². The molecule has 0 radical (unpaired) electrons. The first-order valence-electron chi connectivity index (χ1n) is 22.6. The van der Waals surface area contributed by atoms with E-state index in [1.807, 2.05) is 34.6 Å². The normalized spacial score (nSPS) is 30.3. The minimum atomic E-state index is -3.85. The summed E-state index contributed by atoms with van der Waals surface area (Å²) in [4.78, 5) is 71.9. The lowest BCUT2D eigenvalue weighted by Crippen LogP contribution is -2.51. The maximum Gasteiger partial charge on any atom is 0.227 e. The summed E-state index contributed by atoms with van der Waals surface area (Å²) in [5.74, 6) is -7.32. The van der Waals surface area contributed by atoms with E-state index in [1.165, 1.54) is 4.90 Å². The summed E-state index contributed by atoms with van der Waals surface area (Å²) in [5, 5.41) is 0. The minimum absolute atomic E-state index is 0.000406. The minimum Gasteiger partial charge on any atom is -0.332 e. The molecule has 0 unspecified atom stereocenters. The number of amides is 1. The van der Waals surface area contributed by atoms with Crippen molar-refractivity contribution < 1.29 is 36.3 Å². The van der Waals surface area contributed by atoms with E-state index < -0.39 is 84.4 Å². The summed E-state index contributed by atoms with van der Waals surface area (Å²) in [6.45, 7) is 12.7. The zero-order chi connectivity index (χ0) is 42.8. The number of ketones is 4. The fraction of sp³-hybridized carbons (Fsp3) is 0.878. The number of carbonyl (C=O) groups excluding carboxylic acids is 5. The molecule has 0 bridgehead atoms. The lowest BCUT2D eigenvalue weighted by atomic mass is 9.65. The van der Waals surface area contributed by atoms with E-state index in [-0.39, 0.29) is 53.8 Å². The number of rotatable bonds is 17. The maximum atomic E-state index is 14.8. The molecular formula is C41H67NO5. The third-order valence-electron chi connectivity index (χ3n) is 12.0. The van der Waals surface area contributed by atoms with Crippen molar-refractivity contribution in [2.24, 2.45) is 51.2 Å². The Labute approximate surface area is 299 Å². The number of fused-ring (bicyclic) bond motifs is 1. The second-order valence-electron chi connectivity index (χ2n) is 18.4. The van der Waals surface area contributed by atoms with Crippen LogP contribution in [-0.2, 0) is 24.0 Å². The first-order chi connectivity index (χ1) is 25.2. The van der Waals surface area contributed by atoms with Gasteiger partial charge in [-0.1, -0.05) is 94.3 Å². The monoisotopic (exact) mass is 663 g/mol. The van der Waals surface area contributed by atoms with Gasteiger partial charge in [0.2, 0.25) is 11.7 Å². The van der Waals surface area contributed by atoms with E-state index >= 15 is 0 Å². The van der Waals surface area contributed by atoms with Crippen LogP contribution in [0.1, 0.15) is 177 Å². The zero-order valence-corrected chi connectivity index (χ0v) is 30.4. The van der Waals surface area contributed by atoms with Crippen molar-refractivity contribution in [3.8, 4) is 0 Å². The van der Waals surface area contributed by atoms with E-state index in [0.29, 0.717) is 19.3 Å². The number of hydrogen-bond donors (Lipinski definition) is 0. The molecule has 1 aliphatic heterocycles. The predicted molar refractivity (Wildman–Crippen MR) is 188 cm³/mol. The Hall–Kier alpha value is -1.85. The maximum absolute atomic E-state index is 14.8. The second-order valence-corrected chi connectivity index (χ2v) is 18.4. The first-order valence-corrected chi connectivity index (χ1v) is 18.1. The van der Waals surface area contributed by atoms with Gasteiger partial charge in [-0.3, -0.25) is 24.0 Å². The fourth-order valence-electron chi connectivity index (χ4n) is 8.56. The van der Waals surface area contributed by atoms with Crippen LogP contribution >= 0.6 is 0 Å². The molecular weight excluding hydrogens is 586 g/mol. The second kappa shape index (κ2) is 14.6. The van der Waals surface area contributed by atoms with Crippen LogP contribution in [-0.4, -0.2) is 46.5 Å². The summed E-state index contributed by atoms with van der Waals surface area (Å²) < 4.78 is 74.0. The molecule has 4 rings (SSSR count). The Morgan fingerprint density at radius 1 is 0.957 bits per heavy atom. The smallest absolute Gasteiger partial charge is 0.227 e. The molecule has 0 N–H and O–H groups in total. The van der Waals surface area contributed by atoms with Gasteiger partial charge in [-0.2, -0.15) is 0 Å². The predicted octanol–water partition coefficient (Wildman–Crippen LogP) is 8.96. The average Bonchev–Trinajstić information content (AvgIpc) is 3.90. The summed E-state index contributed by atoms with van der Waals surface area (Å²) in [6.07, 6.45) is -3.73. The molecule has 1 heterocycles. The van der Waals surface area contributed by atoms with Gasteiger partial charge < -0.3 is 4.90 Å². The quantitative estimate of drug-likeness (QED) is 0.145. The molecule has 0 aromatic heterocycles. The van der Waals surface area contributed by atoms with Crippen LogP contribution < -0.4 is 0 Å². The van der Waals surface area contributed by atoms with Gasteiger partial charge in [-0.05, 0) is 84.3 Å². The highest BCUT2D eigenvalue weighted by Crippen LogP contribution is 2.65. The van der Waals surface area contributed by atoms with Crippen LogP contribution in [0.15, 0.2) is 0 Å². The van der Waals surface area contributed by atoms with Crippen molar-refractivity contribution in [1.82, 2.24) is 4.90 Å². The van der Waals surface area contributed by atoms with Crippen LogP contribution in [0.3, 0.4) is 0 Å². The van der Waals surface area contributed by atoms with Crippen molar-refractivity contribution in [3.63, 3.8) is 0 Å². The molecule has 6 heteroatoms. The number of piperidine rings is 1. The van der Waals surface area contributed by atoms with E-state index in [0.717, 1.165) is 44.9 Å². The molecule has 4 aliphatic rings. The largest absolute Gasteiger partial charge is 0.332 e. The molecule has 3 aliphatic carbocycles. The van der Waals surface area contributed by atoms with Gasteiger partial charge >= 0.3 is 0 Å². The van der Waals surface area contributed by atoms with Gasteiger partial charge in [0.1, 0.15) is 5.78 Å². The molecule has 6 nitrogen and oxygen atoms in total. The Morgan fingerprint density at radius 3 is 2.19 bits per heavy atom. The fourth-order valence-corrected chi connectivity index (χ4v) is 8.56.